The molecule has 1 atom stereocenters. The minimum atomic E-state index is -3.45. The van der Waals surface area contributed by atoms with Crippen molar-refractivity contribution in [3.8, 4) is 0 Å². The van der Waals surface area contributed by atoms with E-state index < -0.39 is 10.0 Å². The minimum absolute atomic E-state index is 0.0215. The van der Waals surface area contributed by atoms with Crippen LogP contribution in [0, 0.1) is 6.92 Å². The zero-order valence-electron chi connectivity index (χ0n) is 11.7. The highest BCUT2D eigenvalue weighted by Crippen LogP contribution is 2.27. The second kappa shape index (κ2) is 7.11. The van der Waals surface area contributed by atoms with Gasteiger partial charge in [0.15, 0.2) is 0 Å². The minimum Gasteiger partial charge on any atom is -0.207 e. The summed E-state index contributed by atoms with van der Waals surface area (Å²) in [6, 6.07) is 5.34. The van der Waals surface area contributed by atoms with Crippen LogP contribution in [-0.2, 0) is 10.0 Å². The molecule has 1 rings (SSSR count). The van der Waals surface area contributed by atoms with E-state index in [9.17, 15) is 8.42 Å². The Labute approximate surface area is 128 Å². The number of aryl methyl sites for hydroxylation is 1. The van der Waals surface area contributed by atoms with Crippen LogP contribution < -0.4 is 0 Å². The Morgan fingerprint density at radius 3 is 2.53 bits per heavy atom. The summed E-state index contributed by atoms with van der Waals surface area (Å²) in [7, 11) is -1.79. The van der Waals surface area contributed by atoms with Crippen molar-refractivity contribution < 1.29 is 8.42 Å². The van der Waals surface area contributed by atoms with E-state index in [1.165, 1.54) is 4.31 Å². The zero-order chi connectivity index (χ0) is 14.6. The summed E-state index contributed by atoms with van der Waals surface area (Å²) in [5.74, 6) is 0.801. The third kappa shape index (κ3) is 3.97. The maximum absolute atomic E-state index is 12.6. The molecule has 0 N–H and O–H groups in total. The van der Waals surface area contributed by atoms with Crippen molar-refractivity contribution in [3.05, 3.63) is 28.2 Å². The van der Waals surface area contributed by atoms with Gasteiger partial charge in [-0.05, 0) is 53.2 Å². The monoisotopic (exact) mass is 365 g/mol. The summed E-state index contributed by atoms with van der Waals surface area (Å²) in [5, 5.41) is 0. The third-order valence-corrected chi connectivity index (χ3v) is 6.69. The summed E-state index contributed by atoms with van der Waals surface area (Å²) in [5.41, 5.74) is 1.03. The lowest BCUT2D eigenvalue weighted by molar-refractivity contribution is 0.385. The fourth-order valence-electron chi connectivity index (χ4n) is 1.84. The van der Waals surface area contributed by atoms with Gasteiger partial charge >= 0.3 is 0 Å². The Morgan fingerprint density at radius 1 is 1.42 bits per heavy atom. The van der Waals surface area contributed by atoms with Crippen molar-refractivity contribution in [2.24, 2.45) is 0 Å². The van der Waals surface area contributed by atoms with E-state index in [1.54, 1.807) is 24.9 Å². The van der Waals surface area contributed by atoms with Gasteiger partial charge in [-0.3, -0.25) is 0 Å². The van der Waals surface area contributed by atoms with Crippen LogP contribution in [0.15, 0.2) is 27.6 Å². The molecule has 1 unspecified atom stereocenters. The van der Waals surface area contributed by atoms with Crippen molar-refractivity contribution in [3.63, 3.8) is 0 Å². The van der Waals surface area contributed by atoms with E-state index in [2.05, 4.69) is 15.9 Å². The predicted octanol–water partition coefficient (Wildman–Crippen LogP) is 3.52. The molecule has 0 heterocycles. The number of benzene rings is 1. The quantitative estimate of drug-likeness (QED) is 0.773. The van der Waals surface area contributed by atoms with Gasteiger partial charge in [0.2, 0.25) is 10.0 Å². The van der Waals surface area contributed by atoms with E-state index in [-0.39, 0.29) is 6.04 Å². The number of nitrogens with zero attached hydrogens (tertiary/aromatic N) is 1. The molecule has 19 heavy (non-hydrogen) atoms. The largest absolute Gasteiger partial charge is 0.244 e. The number of hydrogen-bond donors (Lipinski definition) is 0. The average Bonchev–Trinajstić information content (AvgIpc) is 2.34. The summed E-state index contributed by atoms with van der Waals surface area (Å²) in [6.45, 7) is 3.95. The normalized spacial score (nSPS) is 13.8. The number of hydrogen-bond acceptors (Lipinski definition) is 3. The van der Waals surface area contributed by atoms with E-state index >= 15 is 0 Å². The molecule has 0 bridgehead atoms. The van der Waals surface area contributed by atoms with Gasteiger partial charge < -0.3 is 0 Å². The van der Waals surface area contributed by atoms with E-state index in [4.69, 9.17) is 0 Å². The first-order chi connectivity index (χ1) is 8.84. The number of sulfonamides is 1. The summed E-state index contributed by atoms with van der Waals surface area (Å²) in [6.07, 6.45) is 2.80. The van der Waals surface area contributed by atoms with Crippen LogP contribution in [0.25, 0.3) is 0 Å². The Morgan fingerprint density at radius 2 is 2.05 bits per heavy atom. The molecule has 6 heteroatoms. The van der Waals surface area contributed by atoms with Gasteiger partial charge in [-0.15, -0.1) is 0 Å². The number of halogens is 1. The van der Waals surface area contributed by atoms with Crippen molar-refractivity contribution in [2.45, 2.75) is 31.2 Å². The molecule has 0 aliphatic heterocycles. The molecule has 1 aromatic rings. The molecular formula is C13H20BrNO2S2. The zero-order valence-corrected chi connectivity index (χ0v) is 14.9. The molecule has 0 radical (unpaired) electrons. The Kier molecular flexibility index (Phi) is 6.36. The molecule has 3 nitrogen and oxygen atoms in total. The molecule has 108 valence electrons. The molecular weight excluding hydrogens is 346 g/mol. The van der Waals surface area contributed by atoms with Crippen LogP contribution >= 0.6 is 27.7 Å². The van der Waals surface area contributed by atoms with Gasteiger partial charge in [-0.1, -0.05) is 13.0 Å². The van der Waals surface area contributed by atoms with Crippen LogP contribution in [-0.4, -0.2) is 37.8 Å². The van der Waals surface area contributed by atoms with Gasteiger partial charge in [0, 0.05) is 23.3 Å². The molecule has 0 spiro atoms. The SMILES string of the molecule is CCC(CSC)N(C)S(=O)(=O)c1ccc(C)cc1Br. The van der Waals surface area contributed by atoms with Gasteiger partial charge in [0.25, 0.3) is 0 Å². The maximum Gasteiger partial charge on any atom is 0.244 e. The number of thioether (sulfide) groups is 1. The van der Waals surface area contributed by atoms with Crippen LogP contribution in [0.4, 0.5) is 0 Å². The molecule has 0 saturated heterocycles. The van der Waals surface area contributed by atoms with Crippen LogP contribution in [0.1, 0.15) is 18.9 Å². The number of rotatable bonds is 6. The van der Waals surface area contributed by atoms with Gasteiger partial charge in [0.05, 0.1) is 4.90 Å². The van der Waals surface area contributed by atoms with Gasteiger partial charge in [-0.2, -0.15) is 16.1 Å². The second-order valence-corrected chi connectivity index (χ2v) is 8.20. The van der Waals surface area contributed by atoms with Crippen LogP contribution in [0.2, 0.25) is 0 Å². The standard InChI is InChI=1S/C13H20BrNO2S2/c1-5-11(9-18-4)15(3)19(16,17)13-7-6-10(2)8-12(13)14/h6-8,11H,5,9H2,1-4H3. The van der Waals surface area contributed by atoms with E-state index in [0.29, 0.717) is 9.37 Å². The summed E-state index contributed by atoms with van der Waals surface area (Å²) in [4.78, 5) is 0.333. The highest BCUT2D eigenvalue weighted by Gasteiger charge is 2.28. The average molecular weight is 366 g/mol. The van der Waals surface area contributed by atoms with Crippen molar-refractivity contribution >= 4 is 37.7 Å². The first-order valence-electron chi connectivity index (χ1n) is 6.07. The molecule has 0 aromatic heterocycles. The lowest BCUT2D eigenvalue weighted by Gasteiger charge is -2.26. The van der Waals surface area contributed by atoms with Gasteiger partial charge in [-0.25, -0.2) is 8.42 Å². The lowest BCUT2D eigenvalue weighted by Crippen LogP contribution is -2.38. The lowest BCUT2D eigenvalue weighted by atomic mass is 10.2. The molecule has 0 aliphatic rings. The summed E-state index contributed by atoms with van der Waals surface area (Å²) < 4.78 is 27.4. The Bertz CT molecular complexity index is 531. The molecule has 0 saturated carbocycles. The Balaban J connectivity index is 3.15. The van der Waals surface area contributed by atoms with E-state index in [1.807, 2.05) is 32.2 Å². The highest BCUT2D eigenvalue weighted by atomic mass is 79.9. The second-order valence-electron chi connectivity index (χ2n) is 4.47. The smallest absolute Gasteiger partial charge is 0.207 e. The molecule has 0 amide bonds. The molecule has 1 aromatic carbocycles. The fourth-order valence-corrected chi connectivity index (χ4v) is 5.36. The van der Waals surface area contributed by atoms with Crippen molar-refractivity contribution in [1.82, 2.24) is 4.31 Å². The van der Waals surface area contributed by atoms with Crippen LogP contribution in [0.5, 0.6) is 0 Å². The predicted molar refractivity (Wildman–Crippen MR) is 86.3 cm³/mol. The topological polar surface area (TPSA) is 37.4 Å². The first kappa shape index (κ1) is 17.0. The maximum atomic E-state index is 12.6. The highest BCUT2D eigenvalue weighted by molar-refractivity contribution is 9.10. The molecule has 0 aliphatic carbocycles. The van der Waals surface area contributed by atoms with Gasteiger partial charge in [0.1, 0.15) is 0 Å². The summed E-state index contributed by atoms with van der Waals surface area (Å²) >= 11 is 5.01. The Hall–Kier alpha value is -0.0400. The van der Waals surface area contributed by atoms with Crippen molar-refractivity contribution in [1.29, 1.82) is 0 Å². The van der Waals surface area contributed by atoms with E-state index in [0.717, 1.165) is 17.7 Å². The van der Waals surface area contributed by atoms with Crippen LogP contribution in [0.3, 0.4) is 0 Å². The van der Waals surface area contributed by atoms with Crippen molar-refractivity contribution in [2.75, 3.05) is 19.1 Å². The third-order valence-electron chi connectivity index (χ3n) is 3.09. The molecule has 0 fully saturated rings. The first-order valence-corrected chi connectivity index (χ1v) is 9.70. The fraction of sp³-hybridized carbons (Fsp3) is 0.538.